The number of hydrogen-bond donors (Lipinski definition) is 2. The molecule has 4 heteroatoms. The standard InChI is InChI=1S/C15H14N2O2/c1-16-15(19)17-13-9-5-8-12(10-13)14(18)11-6-3-2-4-7-11/h2-10H,1H3,(H2,16,17,19). The summed E-state index contributed by atoms with van der Waals surface area (Å²) in [6, 6.07) is 15.6. The van der Waals surface area contributed by atoms with Crippen LogP contribution >= 0.6 is 0 Å². The van der Waals surface area contributed by atoms with Crippen LogP contribution in [0.15, 0.2) is 54.6 Å². The molecule has 0 unspecified atom stereocenters. The van der Waals surface area contributed by atoms with Gasteiger partial charge in [-0.2, -0.15) is 0 Å². The van der Waals surface area contributed by atoms with Gasteiger partial charge in [-0.3, -0.25) is 4.79 Å². The third kappa shape index (κ3) is 3.19. The Morgan fingerprint density at radius 2 is 1.58 bits per heavy atom. The van der Waals surface area contributed by atoms with Gasteiger partial charge < -0.3 is 10.6 Å². The van der Waals surface area contributed by atoms with E-state index in [0.717, 1.165) is 0 Å². The molecule has 0 saturated carbocycles. The van der Waals surface area contributed by atoms with E-state index in [1.54, 1.807) is 36.4 Å². The highest BCUT2D eigenvalue weighted by molar-refractivity contribution is 6.09. The van der Waals surface area contributed by atoms with E-state index < -0.39 is 0 Å². The summed E-state index contributed by atoms with van der Waals surface area (Å²) in [6.45, 7) is 0. The lowest BCUT2D eigenvalue weighted by molar-refractivity contribution is 0.103. The molecule has 0 radical (unpaired) electrons. The first-order chi connectivity index (χ1) is 9.20. The Morgan fingerprint density at radius 1 is 0.895 bits per heavy atom. The van der Waals surface area contributed by atoms with E-state index in [-0.39, 0.29) is 11.8 Å². The van der Waals surface area contributed by atoms with Gasteiger partial charge in [0.2, 0.25) is 0 Å². The van der Waals surface area contributed by atoms with Crippen LogP contribution in [0.3, 0.4) is 0 Å². The van der Waals surface area contributed by atoms with Crippen LogP contribution in [0.5, 0.6) is 0 Å². The molecule has 2 aromatic rings. The molecule has 4 nitrogen and oxygen atoms in total. The fourth-order valence-electron chi connectivity index (χ4n) is 1.69. The third-order valence-electron chi connectivity index (χ3n) is 2.65. The summed E-state index contributed by atoms with van der Waals surface area (Å²) in [4.78, 5) is 23.5. The van der Waals surface area contributed by atoms with Gasteiger partial charge >= 0.3 is 6.03 Å². The van der Waals surface area contributed by atoms with Gasteiger partial charge in [-0.05, 0) is 12.1 Å². The van der Waals surface area contributed by atoms with Crippen molar-refractivity contribution in [3.05, 3.63) is 65.7 Å². The summed E-state index contributed by atoms with van der Waals surface area (Å²) in [7, 11) is 1.54. The summed E-state index contributed by atoms with van der Waals surface area (Å²) in [5.74, 6) is -0.0684. The number of nitrogens with one attached hydrogen (secondary N) is 2. The van der Waals surface area contributed by atoms with E-state index in [2.05, 4.69) is 10.6 Å². The summed E-state index contributed by atoms with van der Waals surface area (Å²) in [5.41, 5.74) is 1.75. The molecule has 0 atom stereocenters. The Hall–Kier alpha value is -2.62. The number of anilines is 1. The Morgan fingerprint density at radius 3 is 2.26 bits per heavy atom. The van der Waals surface area contributed by atoms with E-state index in [0.29, 0.717) is 16.8 Å². The molecule has 2 amide bonds. The minimum atomic E-state index is -0.315. The smallest absolute Gasteiger partial charge is 0.318 e. The zero-order valence-electron chi connectivity index (χ0n) is 10.5. The van der Waals surface area contributed by atoms with Crippen molar-refractivity contribution in [1.82, 2.24) is 5.32 Å². The molecule has 0 heterocycles. The first kappa shape index (κ1) is 12.8. The van der Waals surface area contributed by atoms with Crippen LogP contribution in [-0.2, 0) is 0 Å². The van der Waals surface area contributed by atoms with Crippen molar-refractivity contribution in [2.75, 3.05) is 12.4 Å². The second-order valence-corrected chi connectivity index (χ2v) is 3.98. The Bertz CT molecular complexity index is 594. The zero-order chi connectivity index (χ0) is 13.7. The first-order valence-corrected chi connectivity index (χ1v) is 5.89. The molecule has 0 aliphatic heterocycles. The maximum absolute atomic E-state index is 12.2. The van der Waals surface area contributed by atoms with Crippen LogP contribution < -0.4 is 10.6 Å². The van der Waals surface area contributed by atoms with Crippen molar-refractivity contribution >= 4 is 17.5 Å². The van der Waals surface area contributed by atoms with Crippen LogP contribution in [0, 0.1) is 0 Å². The molecular formula is C15H14N2O2. The van der Waals surface area contributed by atoms with Crippen LogP contribution in [0.2, 0.25) is 0 Å². The van der Waals surface area contributed by atoms with Crippen molar-refractivity contribution in [1.29, 1.82) is 0 Å². The number of rotatable bonds is 3. The predicted molar refractivity (Wildman–Crippen MR) is 74.4 cm³/mol. The highest BCUT2D eigenvalue weighted by atomic mass is 16.2. The number of carbonyl (C=O) groups is 2. The Balaban J connectivity index is 2.24. The second-order valence-electron chi connectivity index (χ2n) is 3.98. The quantitative estimate of drug-likeness (QED) is 0.827. The summed E-state index contributed by atoms with van der Waals surface area (Å²) >= 11 is 0. The lowest BCUT2D eigenvalue weighted by Gasteiger charge is -2.06. The minimum absolute atomic E-state index is 0.0684. The molecule has 0 fully saturated rings. The van der Waals surface area contributed by atoms with Crippen LogP contribution in [-0.4, -0.2) is 18.9 Å². The van der Waals surface area contributed by atoms with Gasteiger partial charge in [0.25, 0.3) is 0 Å². The van der Waals surface area contributed by atoms with E-state index in [1.165, 1.54) is 7.05 Å². The predicted octanol–water partition coefficient (Wildman–Crippen LogP) is 2.67. The van der Waals surface area contributed by atoms with Gasteiger partial charge in [0.15, 0.2) is 5.78 Å². The number of urea groups is 1. The molecule has 2 N–H and O–H groups in total. The number of amides is 2. The Kier molecular flexibility index (Phi) is 3.93. The van der Waals surface area contributed by atoms with Gasteiger partial charge in [0.1, 0.15) is 0 Å². The molecule has 19 heavy (non-hydrogen) atoms. The Labute approximate surface area is 111 Å². The lowest BCUT2D eigenvalue weighted by Crippen LogP contribution is -2.24. The van der Waals surface area contributed by atoms with Gasteiger partial charge in [0, 0.05) is 23.9 Å². The molecule has 0 saturated heterocycles. The van der Waals surface area contributed by atoms with Crippen molar-refractivity contribution < 1.29 is 9.59 Å². The SMILES string of the molecule is CNC(=O)Nc1cccc(C(=O)c2ccccc2)c1. The van der Waals surface area contributed by atoms with Crippen molar-refractivity contribution in [3.63, 3.8) is 0 Å². The summed E-state index contributed by atoms with van der Waals surface area (Å²) < 4.78 is 0. The van der Waals surface area contributed by atoms with E-state index in [4.69, 9.17) is 0 Å². The van der Waals surface area contributed by atoms with Crippen LogP contribution in [0.1, 0.15) is 15.9 Å². The van der Waals surface area contributed by atoms with Crippen molar-refractivity contribution in [2.24, 2.45) is 0 Å². The largest absolute Gasteiger partial charge is 0.341 e. The van der Waals surface area contributed by atoms with Gasteiger partial charge in [0.05, 0.1) is 0 Å². The molecule has 2 rings (SSSR count). The lowest BCUT2D eigenvalue weighted by atomic mass is 10.0. The number of benzene rings is 2. The summed E-state index contributed by atoms with van der Waals surface area (Å²) in [5, 5.41) is 5.09. The van der Waals surface area contributed by atoms with Gasteiger partial charge in [-0.15, -0.1) is 0 Å². The van der Waals surface area contributed by atoms with E-state index >= 15 is 0 Å². The average Bonchev–Trinajstić information content (AvgIpc) is 2.47. The maximum Gasteiger partial charge on any atom is 0.318 e. The third-order valence-corrected chi connectivity index (χ3v) is 2.65. The molecule has 0 aromatic heterocycles. The summed E-state index contributed by atoms with van der Waals surface area (Å²) in [6.07, 6.45) is 0. The van der Waals surface area contributed by atoms with Crippen molar-refractivity contribution in [2.45, 2.75) is 0 Å². The van der Waals surface area contributed by atoms with Gasteiger partial charge in [-0.25, -0.2) is 4.79 Å². The number of ketones is 1. The normalized spacial score (nSPS) is 9.74. The average molecular weight is 254 g/mol. The van der Waals surface area contributed by atoms with Crippen molar-refractivity contribution in [3.8, 4) is 0 Å². The number of carbonyl (C=O) groups excluding carboxylic acids is 2. The maximum atomic E-state index is 12.2. The molecule has 96 valence electrons. The topological polar surface area (TPSA) is 58.2 Å². The van der Waals surface area contributed by atoms with Crippen LogP contribution in [0.25, 0.3) is 0 Å². The van der Waals surface area contributed by atoms with Gasteiger partial charge in [-0.1, -0.05) is 42.5 Å². The first-order valence-electron chi connectivity index (χ1n) is 5.89. The fourth-order valence-corrected chi connectivity index (χ4v) is 1.69. The highest BCUT2D eigenvalue weighted by Gasteiger charge is 2.09. The molecule has 2 aromatic carbocycles. The molecule has 0 aliphatic rings. The van der Waals surface area contributed by atoms with E-state index in [9.17, 15) is 9.59 Å². The van der Waals surface area contributed by atoms with Crippen LogP contribution in [0.4, 0.5) is 10.5 Å². The zero-order valence-corrected chi connectivity index (χ0v) is 10.5. The molecule has 0 aliphatic carbocycles. The molecule has 0 bridgehead atoms. The minimum Gasteiger partial charge on any atom is -0.341 e. The van der Waals surface area contributed by atoms with E-state index in [1.807, 2.05) is 18.2 Å². The molecular weight excluding hydrogens is 240 g/mol. The second kappa shape index (κ2) is 5.82. The number of hydrogen-bond acceptors (Lipinski definition) is 2. The monoisotopic (exact) mass is 254 g/mol. The molecule has 0 spiro atoms. The fraction of sp³-hybridized carbons (Fsp3) is 0.0667. The highest BCUT2D eigenvalue weighted by Crippen LogP contribution is 2.14.